The number of alkyl halides is 3. The first-order valence-electron chi connectivity index (χ1n) is 9.43. The number of anilines is 2. The van der Waals surface area contributed by atoms with E-state index in [0.717, 1.165) is 12.1 Å². The highest BCUT2D eigenvalue weighted by Crippen LogP contribution is 2.30. The van der Waals surface area contributed by atoms with E-state index in [1.54, 1.807) is 6.92 Å². The maximum Gasteiger partial charge on any atom is 0.416 e. The molecule has 32 heavy (non-hydrogen) atoms. The molecule has 0 aliphatic rings. The Balaban J connectivity index is 1.88. The van der Waals surface area contributed by atoms with Gasteiger partial charge in [0, 0.05) is 23.4 Å². The summed E-state index contributed by atoms with van der Waals surface area (Å²) >= 11 is 5.03. The maximum absolute atomic E-state index is 12.8. The smallest absolute Gasteiger partial charge is 0.416 e. The van der Waals surface area contributed by atoms with Crippen molar-refractivity contribution in [2.75, 3.05) is 17.2 Å². The van der Waals surface area contributed by atoms with E-state index < -0.39 is 29.5 Å². The number of halogens is 3. The molecule has 0 heterocycles. The topological polar surface area (TPSA) is 96.5 Å². The third-order valence-corrected chi connectivity index (χ3v) is 4.17. The molecule has 0 fully saturated rings. The molecule has 0 aliphatic carbocycles. The number of nitrogens with one attached hydrogen (secondary N) is 3. The average Bonchev–Trinajstić information content (AvgIpc) is 2.72. The van der Waals surface area contributed by atoms with Crippen LogP contribution in [0.4, 0.5) is 24.5 Å². The summed E-state index contributed by atoms with van der Waals surface area (Å²) in [6, 6.07) is 10.2. The van der Waals surface area contributed by atoms with Crippen molar-refractivity contribution < 1.29 is 32.3 Å². The van der Waals surface area contributed by atoms with Crippen LogP contribution in [0.5, 0.6) is 0 Å². The van der Waals surface area contributed by atoms with Gasteiger partial charge in [0.05, 0.1) is 18.6 Å². The van der Waals surface area contributed by atoms with Gasteiger partial charge in [-0.15, -0.1) is 0 Å². The summed E-state index contributed by atoms with van der Waals surface area (Å²) in [6.45, 7) is 1.89. The summed E-state index contributed by atoms with van der Waals surface area (Å²) in [5.41, 5.74) is -0.180. The van der Waals surface area contributed by atoms with Crippen LogP contribution in [-0.2, 0) is 20.5 Å². The monoisotopic (exact) mass is 467 g/mol. The van der Waals surface area contributed by atoms with Crippen molar-refractivity contribution in [1.82, 2.24) is 5.32 Å². The molecule has 0 aliphatic heterocycles. The number of esters is 1. The molecule has 2 aromatic rings. The molecule has 2 rings (SSSR count). The van der Waals surface area contributed by atoms with Gasteiger partial charge in [0.15, 0.2) is 5.11 Å². The van der Waals surface area contributed by atoms with Gasteiger partial charge in [-0.2, -0.15) is 13.2 Å². The minimum Gasteiger partial charge on any atom is -0.466 e. The Hall–Kier alpha value is -3.47. The average molecular weight is 467 g/mol. The molecular weight excluding hydrogens is 447 g/mol. The lowest BCUT2D eigenvalue weighted by atomic mass is 10.1. The molecule has 7 nitrogen and oxygen atoms in total. The van der Waals surface area contributed by atoms with Crippen molar-refractivity contribution in [2.45, 2.75) is 25.9 Å². The minimum atomic E-state index is -4.51. The zero-order valence-corrected chi connectivity index (χ0v) is 17.7. The number of benzene rings is 2. The normalized spacial score (nSPS) is 10.8. The molecule has 0 aromatic heterocycles. The van der Waals surface area contributed by atoms with Crippen LogP contribution in [0, 0.1) is 0 Å². The highest BCUT2D eigenvalue weighted by atomic mass is 32.1. The number of ether oxygens (including phenoxy) is 1. The number of rotatable bonds is 7. The van der Waals surface area contributed by atoms with Crippen molar-refractivity contribution in [2.24, 2.45) is 0 Å². The third-order valence-electron chi connectivity index (χ3n) is 3.97. The molecule has 0 radical (unpaired) electrons. The lowest BCUT2D eigenvalue weighted by Crippen LogP contribution is -2.34. The molecule has 0 unspecified atom stereocenters. The summed E-state index contributed by atoms with van der Waals surface area (Å²) in [4.78, 5) is 35.3. The van der Waals surface area contributed by atoms with Gasteiger partial charge in [0.25, 0.3) is 5.91 Å². The standard InChI is InChI=1S/C21H20F3N3O4S/c1-2-31-18(29)11-10-17(28)27-20(32)26-15-8-6-13(7-9-15)19(30)25-16-5-3-4-14(12-16)21(22,23)24/h3-9,12H,2,10-11H2,1H3,(H,25,30)(H2,26,27,28,32). The Morgan fingerprint density at radius 2 is 1.66 bits per heavy atom. The Morgan fingerprint density at radius 3 is 2.28 bits per heavy atom. The molecule has 0 bridgehead atoms. The Morgan fingerprint density at radius 1 is 0.969 bits per heavy atom. The van der Waals surface area contributed by atoms with Crippen LogP contribution in [0.25, 0.3) is 0 Å². The Bertz CT molecular complexity index is 995. The van der Waals surface area contributed by atoms with Crippen LogP contribution in [0.2, 0.25) is 0 Å². The number of carbonyl (C=O) groups is 3. The van der Waals surface area contributed by atoms with Gasteiger partial charge < -0.3 is 20.7 Å². The second-order valence-electron chi connectivity index (χ2n) is 6.42. The van der Waals surface area contributed by atoms with E-state index in [9.17, 15) is 27.6 Å². The van der Waals surface area contributed by atoms with Gasteiger partial charge in [-0.3, -0.25) is 14.4 Å². The van der Waals surface area contributed by atoms with E-state index >= 15 is 0 Å². The van der Waals surface area contributed by atoms with Gasteiger partial charge in [0.1, 0.15) is 0 Å². The Kier molecular flexibility index (Phi) is 8.71. The molecule has 0 spiro atoms. The van der Waals surface area contributed by atoms with Crippen molar-refractivity contribution in [3.05, 3.63) is 59.7 Å². The zero-order valence-electron chi connectivity index (χ0n) is 16.9. The zero-order chi connectivity index (χ0) is 23.7. The van der Waals surface area contributed by atoms with E-state index in [1.165, 1.54) is 36.4 Å². The third kappa shape index (κ3) is 7.99. The van der Waals surface area contributed by atoms with Crippen LogP contribution in [0.1, 0.15) is 35.7 Å². The SMILES string of the molecule is CCOC(=O)CCC(=O)NC(=S)Nc1ccc(C(=O)Nc2cccc(C(F)(F)F)c2)cc1. The van der Waals surface area contributed by atoms with Gasteiger partial charge in [-0.25, -0.2) is 0 Å². The van der Waals surface area contributed by atoms with Crippen LogP contribution in [0.15, 0.2) is 48.5 Å². The number of hydrogen-bond donors (Lipinski definition) is 3. The number of amides is 2. The van der Waals surface area contributed by atoms with Gasteiger partial charge in [0.2, 0.25) is 5.91 Å². The first kappa shape index (κ1) is 24.8. The van der Waals surface area contributed by atoms with Gasteiger partial charge in [-0.05, 0) is 61.6 Å². The van der Waals surface area contributed by atoms with Crippen LogP contribution in [0.3, 0.4) is 0 Å². The summed E-state index contributed by atoms with van der Waals surface area (Å²) in [6.07, 6.45) is -4.67. The van der Waals surface area contributed by atoms with Gasteiger partial charge in [-0.1, -0.05) is 6.07 Å². The fourth-order valence-electron chi connectivity index (χ4n) is 2.48. The number of hydrogen-bond acceptors (Lipinski definition) is 5. The summed E-state index contributed by atoms with van der Waals surface area (Å²) < 4.78 is 43.1. The largest absolute Gasteiger partial charge is 0.466 e. The summed E-state index contributed by atoms with van der Waals surface area (Å²) in [5, 5.41) is 7.58. The van der Waals surface area contributed by atoms with E-state index in [-0.39, 0.29) is 35.8 Å². The number of thiocarbonyl (C=S) groups is 1. The number of carbonyl (C=O) groups excluding carboxylic acids is 3. The highest BCUT2D eigenvalue weighted by Gasteiger charge is 2.30. The molecule has 170 valence electrons. The maximum atomic E-state index is 12.8. The van der Waals surface area contributed by atoms with E-state index in [0.29, 0.717) is 5.69 Å². The van der Waals surface area contributed by atoms with E-state index in [4.69, 9.17) is 17.0 Å². The predicted molar refractivity (Wildman–Crippen MR) is 116 cm³/mol. The van der Waals surface area contributed by atoms with Crippen molar-refractivity contribution >= 4 is 46.5 Å². The van der Waals surface area contributed by atoms with E-state index in [1.807, 2.05) is 0 Å². The van der Waals surface area contributed by atoms with Crippen molar-refractivity contribution in [1.29, 1.82) is 0 Å². The second-order valence-corrected chi connectivity index (χ2v) is 6.83. The predicted octanol–water partition coefficient (Wildman–Crippen LogP) is 4.11. The molecule has 11 heteroatoms. The highest BCUT2D eigenvalue weighted by molar-refractivity contribution is 7.80. The molecule has 2 aromatic carbocycles. The molecule has 3 N–H and O–H groups in total. The first-order valence-corrected chi connectivity index (χ1v) is 9.84. The summed E-state index contributed by atoms with van der Waals surface area (Å²) in [7, 11) is 0. The van der Waals surface area contributed by atoms with Gasteiger partial charge >= 0.3 is 12.1 Å². The second kappa shape index (κ2) is 11.2. The lowest BCUT2D eigenvalue weighted by Gasteiger charge is -2.11. The fraction of sp³-hybridized carbons (Fsp3) is 0.238. The quantitative estimate of drug-likeness (QED) is 0.419. The fourth-order valence-corrected chi connectivity index (χ4v) is 2.71. The van der Waals surface area contributed by atoms with Crippen molar-refractivity contribution in [3.8, 4) is 0 Å². The molecule has 0 saturated heterocycles. The van der Waals surface area contributed by atoms with Crippen molar-refractivity contribution in [3.63, 3.8) is 0 Å². The van der Waals surface area contributed by atoms with E-state index in [2.05, 4.69) is 16.0 Å². The first-order chi connectivity index (χ1) is 15.1. The van der Waals surface area contributed by atoms with Crippen LogP contribution in [-0.4, -0.2) is 29.5 Å². The van der Waals surface area contributed by atoms with Crippen LogP contribution < -0.4 is 16.0 Å². The molecule has 0 saturated carbocycles. The molecular formula is C21H20F3N3O4S. The van der Waals surface area contributed by atoms with Crippen LogP contribution >= 0.6 is 12.2 Å². The molecule has 2 amide bonds. The lowest BCUT2D eigenvalue weighted by molar-refractivity contribution is -0.144. The minimum absolute atomic E-state index is 0.0000241. The summed E-state index contributed by atoms with van der Waals surface area (Å²) in [5.74, 6) is -1.54. The Labute approximate surface area is 187 Å². The molecule has 0 atom stereocenters.